The molecule has 3 aromatic heterocycles. The van der Waals surface area contributed by atoms with E-state index in [2.05, 4.69) is 30.7 Å². The summed E-state index contributed by atoms with van der Waals surface area (Å²) < 4.78 is 41.2. The summed E-state index contributed by atoms with van der Waals surface area (Å²) in [6.07, 6.45) is 2.42. The smallest absolute Gasteiger partial charge is 0.475 e. The zero-order valence-corrected chi connectivity index (χ0v) is 17.1. The normalized spacial score (nSPS) is 16.9. The number of hydrogen-bond donors (Lipinski definition) is 1. The number of aryl methyl sites for hydroxylation is 2. The van der Waals surface area contributed by atoms with Gasteiger partial charge in [0.1, 0.15) is 17.5 Å². The first-order valence-corrected chi connectivity index (χ1v) is 9.53. The van der Waals surface area contributed by atoms with Crippen molar-refractivity contribution in [2.45, 2.75) is 46.2 Å². The minimum atomic E-state index is -5.08. The number of aliphatic carboxylic acids is 1. The van der Waals surface area contributed by atoms with Crippen LogP contribution in [0, 0.1) is 19.8 Å². The summed E-state index contributed by atoms with van der Waals surface area (Å²) in [6, 6.07) is 2.03. The van der Waals surface area contributed by atoms with Crippen LogP contribution >= 0.6 is 0 Å². The zero-order chi connectivity index (χ0) is 22.6. The largest absolute Gasteiger partial charge is 0.490 e. The molecule has 0 fully saturated rings. The van der Waals surface area contributed by atoms with Gasteiger partial charge in [-0.25, -0.2) is 19.4 Å². The fourth-order valence-electron chi connectivity index (χ4n) is 3.48. The van der Waals surface area contributed by atoms with Crippen LogP contribution in [-0.4, -0.2) is 53.0 Å². The lowest BCUT2D eigenvalue weighted by Crippen LogP contribution is -2.30. The first kappa shape index (κ1) is 22.5. The van der Waals surface area contributed by atoms with E-state index < -0.39 is 12.1 Å². The lowest BCUT2D eigenvalue weighted by atomic mass is 10.1. The Morgan fingerprint density at radius 3 is 2.65 bits per heavy atom. The molecule has 1 aliphatic heterocycles. The molecule has 1 unspecified atom stereocenters. The molecule has 0 radical (unpaired) electrons. The van der Waals surface area contributed by atoms with Crippen molar-refractivity contribution in [2.24, 2.45) is 5.92 Å². The second-order valence-electron chi connectivity index (χ2n) is 7.35. The van der Waals surface area contributed by atoms with Crippen molar-refractivity contribution in [3.8, 4) is 0 Å². The number of furan rings is 1. The van der Waals surface area contributed by atoms with Gasteiger partial charge in [-0.2, -0.15) is 18.3 Å². The molecule has 0 amide bonds. The third-order valence-corrected chi connectivity index (χ3v) is 4.76. The number of fused-ring (bicyclic) bond motifs is 1. The summed E-state index contributed by atoms with van der Waals surface area (Å²) in [5.41, 5.74) is 1.20. The number of aromatic nitrogens is 5. The number of rotatable bonds is 4. The summed E-state index contributed by atoms with van der Waals surface area (Å²) in [5.74, 6) is 0.621. The summed E-state index contributed by atoms with van der Waals surface area (Å²) in [5, 5.41) is 11.7. The minimum absolute atomic E-state index is 0.451. The molecule has 0 saturated carbocycles. The molecule has 0 bridgehead atoms. The molecule has 4 heterocycles. The molecule has 0 spiro atoms. The number of alkyl halides is 3. The van der Waals surface area contributed by atoms with Crippen molar-refractivity contribution in [2.75, 3.05) is 6.54 Å². The van der Waals surface area contributed by atoms with Crippen LogP contribution in [0.3, 0.4) is 0 Å². The number of carbonyl (C=O) groups is 1. The van der Waals surface area contributed by atoms with Crippen LogP contribution in [-0.2, 0) is 31.0 Å². The third kappa shape index (κ3) is 6.17. The standard InChI is InChI=1S/C17H22N6O.C2HF3O2/c1-13-19-14(2)23(20-13)10-16-8-21(7-15-3-6-24-12-15)11-17-18-4-5-22(17)9-16;3-2(4,5)1(6)7/h3-6,12,16H,7-11H2,1-2H3;(H,6,7). The average molecular weight is 440 g/mol. The van der Waals surface area contributed by atoms with Crippen molar-refractivity contribution in [3.63, 3.8) is 0 Å². The first-order chi connectivity index (χ1) is 14.6. The molecule has 31 heavy (non-hydrogen) atoms. The predicted octanol–water partition coefficient (Wildman–Crippen LogP) is 2.65. The summed E-state index contributed by atoms with van der Waals surface area (Å²) in [6.45, 7) is 8.49. The van der Waals surface area contributed by atoms with Crippen LogP contribution in [0.1, 0.15) is 23.0 Å². The molecule has 0 aliphatic carbocycles. The van der Waals surface area contributed by atoms with E-state index in [4.69, 9.17) is 14.3 Å². The SMILES string of the molecule is Cc1nc(C)n(CC2CN(Cc3ccoc3)Cc3nccn3C2)n1.O=C(O)C(F)(F)F. The third-order valence-electron chi connectivity index (χ3n) is 4.76. The van der Waals surface area contributed by atoms with Gasteiger partial charge >= 0.3 is 12.1 Å². The Morgan fingerprint density at radius 1 is 1.32 bits per heavy atom. The lowest BCUT2D eigenvalue weighted by molar-refractivity contribution is -0.192. The Labute approximate surface area is 176 Å². The van der Waals surface area contributed by atoms with Crippen molar-refractivity contribution in [1.29, 1.82) is 0 Å². The number of halogens is 3. The maximum Gasteiger partial charge on any atom is 0.490 e. The second-order valence-corrected chi connectivity index (χ2v) is 7.35. The molecule has 4 rings (SSSR count). The van der Waals surface area contributed by atoms with Gasteiger partial charge in [-0.1, -0.05) is 0 Å². The molecular formula is C19H23F3N6O3. The fraction of sp³-hybridized carbons (Fsp3) is 0.474. The topological polar surface area (TPSA) is 102 Å². The zero-order valence-electron chi connectivity index (χ0n) is 17.1. The molecular weight excluding hydrogens is 417 g/mol. The highest BCUT2D eigenvalue weighted by atomic mass is 19.4. The Hall–Kier alpha value is -3.15. The number of imidazole rings is 1. The monoisotopic (exact) mass is 440 g/mol. The Bertz CT molecular complexity index is 996. The Balaban J connectivity index is 0.000000339. The maximum absolute atomic E-state index is 10.6. The highest BCUT2D eigenvalue weighted by Crippen LogP contribution is 2.19. The van der Waals surface area contributed by atoms with Crippen LogP contribution in [0.2, 0.25) is 0 Å². The molecule has 1 N–H and O–H groups in total. The molecule has 0 aromatic carbocycles. The number of hydrogen-bond acceptors (Lipinski definition) is 6. The van der Waals surface area contributed by atoms with Gasteiger partial charge in [0, 0.05) is 50.1 Å². The van der Waals surface area contributed by atoms with E-state index >= 15 is 0 Å². The number of carboxylic acids is 1. The quantitative estimate of drug-likeness (QED) is 0.665. The maximum atomic E-state index is 10.6. The van der Waals surface area contributed by atoms with E-state index in [9.17, 15) is 13.2 Å². The van der Waals surface area contributed by atoms with E-state index in [0.29, 0.717) is 5.92 Å². The van der Waals surface area contributed by atoms with Gasteiger partial charge in [0.05, 0.1) is 19.1 Å². The number of carboxylic acid groups (broad SMARTS) is 1. The van der Waals surface area contributed by atoms with Crippen LogP contribution in [0.15, 0.2) is 35.4 Å². The molecule has 1 aliphatic rings. The highest BCUT2D eigenvalue weighted by molar-refractivity contribution is 5.73. The molecule has 168 valence electrons. The van der Waals surface area contributed by atoms with Gasteiger partial charge < -0.3 is 14.1 Å². The first-order valence-electron chi connectivity index (χ1n) is 9.53. The van der Waals surface area contributed by atoms with E-state index in [0.717, 1.165) is 50.2 Å². The molecule has 9 nitrogen and oxygen atoms in total. The van der Waals surface area contributed by atoms with Crippen molar-refractivity contribution in [1.82, 2.24) is 29.2 Å². The van der Waals surface area contributed by atoms with Crippen molar-refractivity contribution < 1.29 is 27.5 Å². The van der Waals surface area contributed by atoms with Gasteiger partial charge in [-0.3, -0.25) is 4.90 Å². The second kappa shape index (κ2) is 9.33. The van der Waals surface area contributed by atoms with Crippen LogP contribution in [0.25, 0.3) is 0 Å². The van der Waals surface area contributed by atoms with Gasteiger partial charge in [-0.05, 0) is 19.9 Å². The van der Waals surface area contributed by atoms with Crippen LogP contribution in [0.5, 0.6) is 0 Å². The summed E-state index contributed by atoms with van der Waals surface area (Å²) in [4.78, 5) is 20.3. The molecule has 12 heteroatoms. The summed E-state index contributed by atoms with van der Waals surface area (Å²) in [7, 11) is 0. The predicted molar refractivity (Wildman–Crippen MR) is 102 cm³/mol. The summed E-state index contributed by atoms with van der Waals surface area (Å²) >= 11 is 0. The average Bonchev–Trinajstić information content (AvgIpc) is 3.37. The fourth-order valence-corrected chi connectivity index (χ4v) is 3.48. The number of nitrogens with zero attached hydrogens (tertiary/aromatic N) is 6. The molecule has 1 atom stereocenters. The van der Waals surface area contributed by atoms with Gasteiger partial charge in [-0.15, -0.1) is 0 Å². The van der Waals surface area contributed by atoms with E-state index in [1.54, 1.807) is 6.26 Å². The highest BCUT2D eigenvalue weighted by Gasteiger charge is 2.38. The van der Waals surface area contributed by atoms with Gasteiger partial charge in [0.25, 0.3) is 0 Å². The Morgan fingerprint density at radius 2 is 2.06 bits per heavy atom. The molecule has 0 saturated heterocycles. The van der Waals surface area contributed by atoms with Crippen LogP contribution in [0.4, 0.5) is 13.2 Å². The van der Waals surface area contributed by atoms with Gasteiger partial charge in [0.15, 0.2) is 0 Å². The van der Waals surface area contributed by atoms with Gasteiger partial charge in [0.2, 0.25) is 0 Å². The lowest BCUT2D eigenvalue weighted by Gasteiger charge is -2.23. The van der Waals surface area contributed by atoms with Crippen molar-refractivity contribution in [3.05, 3.63) is 54.0 Å². The van der Waals surface area contributed by atoms with Crippen LogP contribution < -0.4 is 0 Å². The van der Waals surface area contributed by atoms with E-state index in [-0.39, 0.29) is 0 Å². The van der Waals surface area contributed by atoms with Crippen molar-refractivity contribution >= 4 is 5.97 Å². The molecule has 3 aromatic rings. The minimum Gasteiger partial charge on any atom is -0.475 e. The van der Waals surface area contributed by atoms with E-state index in [1.807, 2.05) is 37.1 Å². The Kier molecular flexibility index (Phi) is 6.78. The van der Waals surface area contributed by atoms with E-state index in [1.165, 1.54) is 5.56 Å².